The predicted molar refractivity (Wildman–Crippen MR) is 69.6 cm³/mol. The first kappa shape index (κ1) is 11.4. The molecule has 0 aromatic carbocycles. The van der Waals surface area contributed by atoms with E-state index >= 15 is 0 Å². The number of rotatable bonds is 3. The van der Waals surface area contributed by atoms with Crippen LogP contribution in [0.5, 0.6) is 5.88 Å². The quantitative estimate of drug-likeness (QED) is 0.798. The number of nitrogens with zero attached hydrogens (tertiary/aromatic N) is 1. The third-order valence-electron chi connectivity index (χ3n) is 2.62. The molecular weight excluding hydrogens is 218 g/mol. The van der Waals surface area contributed by atoms with Gasteiger partial charge in [-0.05, 0) is 36.3 Å². The summed E-state index contributed by atoms with van der Waals surface area (Å²) in [4.78, 5) is 4.56. The first-order valence-electron chi connectivity index (χ1n) is 5.65. The number of fused-ring (bicyclic) bond motifs is 1. The second kappa shape index (κ2) is 4.42. The molecule has 16 heavy (non-hydrogen) atoms. The Kier molecular flexibility index (Phi) is 3.15. The largest absolute Gasteiger partial charge is 0.478 e. The minimum absolute atomic E-state index is 0.503. The maximum Gasteiger partial charge on any atom is 0.214 e. The van der Waals surface area contributed by atoms with Gasteiger partial charge in [0, 0.05) is 6.07 Å². The van der Waals surface area contributed by atoms with Crippen LogP contribution in [0.2, 0.25) is 0 Å². The highest BCUT2D eigenvalue weighted by Gasteiger charge is 2.12. The number of aryl methyl sites for hydroxylation is 1. The van der Waals surface area contributed by atoms with E-state index in [2.05, 4.69) is 37.2 Å². The summed E-state index contributed by atoms with van der Waals surface area (Å²) in [5.41, 5.74) is 3.68. The van der Waals surface area contributed by atoms with Gasteiger partial charge in [-0.3, -0.25) is 0 Å². The zero-order valence-corrected chi connectivity index (χ0v) is 11.0. The third kappa shape index (κ3) is 1.92. The highest BCUT2D eigenvalue weighted by atomic mass is 32.1. The van der Waals surface area contributed by atoms with Gasteiger partial charge in [0.2, 0.25) is 5.88 Å². The van der Waals surface area contributed by atoms with Crippen molar-refractivity contribution in [1.82, 2.24) is 4.98 Å². The molecule has 0 unspecified atom stereocenters. The van der Waals surface area contributed by atoms with Crippen molar-refractivity contribution >= 4 is 21.6 Å². The van der Waals surface area contributed by atoms with Gasteiger partial charge < -0.3 is 4.74 Å². The predicted octanol–water partition coefficient (Wildman–Crippen LogP) is 4.13. The van der Waals surface area contributed by atoms with Gasteiger partial charge in [-0.25, -0.2) is 4.98 Å². The lowest BCUT2D eigenvalue weighted by Gasteiger charge is -2.10. The van der Waals surface area contributed by atoms with Crippen LogP contribution in [0.3, 0.4) is 0 Å². The minimum Gasteiger partial charge on any atom is -0.478 e. The van der Waals surface area contributed by atoms with E-state index in [-0.39, 0.29) is 0 Å². The number of ether oxygens (including phenoxy) is 1. The molecule has 86 valence electrons. The van der Waals surface area contributed by atoms with Gasteiger partial charge in [0.05, 0.1) is 16.8 Å². The highest BCUT2D eigenvalue weighted by Crippen LogP contribution is 2.33. The van der Waals surface area contributed by atoms with Crippen molar-refractivity contribution < 1.29 is 4.74 Å². The summed E-state index contributed by atoms with van der Waals surface area (Å²) in [6, 6.07) is 2.08. The van der Waals surface area contributed by atoms with Crippen LogP contribution < -0.4 is 4.74 Å². The molecule has 0 amide bonds. The monoisotopic (exact) mass is 235 g/mol. The number of hydrogen-bond acceptors (Lipinski definition) is 3. The van der Waals surface area contributed by atoms with Crippen molar-refractivity contribution in [3.8, 4) is 5.88 Å². The maximum absolute atomic E-state index is 5.52. The van der Waals surface area contributed by atoms with Crippen LogP contribution >= 0.6 is 11.3 Å². The SMILES string of the molecule is CCOc1cc(C(C)C)c2scc(C)c2n1. The number of aromatic nitrogens is 1. The van der Waals surface area contributed by atoms with Crippen LogP contribution in [-0.4, -0.2) is 11.6 Å². The molecule has 2 aromatic rings. The lowest BCUT2D eigenvalue weighted by molar-refractivity contribution is 0.327. The Balaban J connectivity index is 2.65. The van der Waals surface area contributed by atoms with Gasteiger partial charge in [0.25, 0.3) is 0 Å². The van der Waals surface area contributed by atoms with Crippen LogP contribution in [0.25, 0.3) is 10.2 Å². The van der Waals surface area contributed by atoms with Crippen LogP contribution in [0, 0.1) is 6.92 Å². The zero-order valence-electron chi connectivity index (χ0n) is 10.2. The van der Waals surface area contributed by atoms with E-state index in [1.54, 1.807) is 11.3 Å². The summed E-state index contributed by atoms with van der Waals surface area (Å²) < 4.78 is 6.82. The normalized spacial score (nSPS) is 11.3. The molecule has 2 rings (SSSR count). The Bertz CT molecular complexity index is 502. The maximum atomic E-state index is 5.52. The molecule has 0 aliphatic heterocycles. The average molecular weight is 235 g/mol. The summed E-state index contributed by atoms with van der Waals surface area (Å²) >= 11 is 1.78. The molecule has 3 heteroatoms. The zero-order chi connectivity index (χ0) is 11.7. The lowest BCUT2D eigenvalue weighted by Crippen LogP contribution is -1.97. The molecule has 2 heterocycles. The van der Waals surface area contributed by atoms with Crippen molar-refractivity contribution in [3.63, 3.8) is 0 Å². The van der Waals surface area contributed by atoms with E-state index in [1.807, 2.05) is 6.92 Å². The first-order chi connectivity index (χ1) is 7.63. The summed E-state index contributed by atoms with van der Waals surface area (Å²) in [6.45, 7) is 9.17. The fraction of sp³-hybridized carbons (Fsp3) is 0.462. The second-order valence-corrected chi connectivity index (χ2v) is 5.11. The van der Waals surface area contributed by atoms with Crippen molar-refractivity contribution in [2.45, 2.75) is 33.6 Å². The second-order valence-electron chi connectivity index (χ2n) is 4.23. The fourth-order valence-electron chi connectivity index (χ4n) is 1.77. The number of hydrogen-bond donors (Lipinski definition) is 0. The number of pyridine rings is 1. The molecule has 0 bridgehead atoms. The highest BCUT2D eigenvalue weighted by molar-refractivity contribution is 7.17. The molecule has 2 nitrogen and oxygen atoms in total. The topological polar surface area (TPSA) is 22.1 Å². The molecule has 0 saturated carbocycles. The molecule has 0 aliphatic rings. The lowest BCUT2D eigenvalue weighted by atomic mass is 10.0. The Morgan fingerprint density at radius 2 is 2.19 bits per heavy atom. The van der Waals surface area contributed by atoms with E-state index in [0.29, 0.717) is 12.5 Å². The summed E-state index contributed by atoms with van der Waals surface area (Å²) in [5, 5.41) is 2.17. The molecule has 0 N–H and O–H groups in total. The summed E-state index contributed by atoms with van der Waals surface area (Å²) in [6.07, 6.45) is 0. The standard InChI is InChI=1S/C13H17NOS/c1-5-15-11-6-10(8(2)3)13-12(14-11)9(4)7-16-13/h6-8H,5H2,1-4H3. The average Bonchev–Trinajstić information content (AvgIpc) is 2.60. The van der Waals surface area contributed by atoms with Crippen molar-refractivity contribution in [1.29, 1.82) is 0 Å². The molecule has 0 saturated heterocycles. The smallest absolute Gasteiger partial charge is 0.214 e. The van der Waals surface area contributed by atoms with Crippen LogP contribution in [0.4, 0.5) is 0 Å². The van der Waals surface area contributed by atoms with E-state index in [4.69, 9.17) is 4.74 Å². The summed E-state index contributed by atoms with van der Waals surface area (Å²) in [7, 11) is 0. The van der Waals surface area contributed by atoms with Gasteiger partial charge in [0.15, 0.2) is 0 Å². The van der Waals surface area contributed by atoms with Gasteiger partial charge in [0.1, 0.15) is 0 Å². The first-order valence-corrected chi connectivity index (χ1v) is 6.53. The van der Waals surface area contributed by atoms with Gasteiger partial charge in [-0.15, -0.1) is 11.3 Å². The Morgan fingerprint density at radius 1 is 1.44 bits per heavy atom. The van der Waals surface area contributed by atoms with Gasteiger partial charge >= 0.3 is 0 Å². The summed E-state index contributed by atoms with van der Waals surface area (Å²) in [5.74, 6) is 1.25. The number of thiophene rings is 1. The van der Waals surface area contributed by atoms with Crippen LogP contribution in [0.1, 0.15) is 37.8 Å². The van der Waals surface area contributed by atoms with E-state index in [1.165, 1.54) is 15.8 Å². The Morgan fingerprint density at radius 3 is 2.81 bits per heavy atom. The molecule has 0 aliphatic carbocycles. The molecular formula is C13H17NOS. The van der Waals surface area contributed by atoms with Crippen LogP contribution in [-0.2, 0) is 0 Å². The van der Waals surface area contributed by atoms with Crippen molar-refractivity contribution in [3.05, 3.63) is 22.6 Å². The van der Waals surface area contributed by atoms with E-state index < -0.39 is 0 Å². The Labute approximate surface area is 100 Å². The van der Waals surface area contributed by atoms with Crippen LogP contribution in [0.15, 0.2) is 11.4 Å². The fourth-order valence-corrected chi connectivity index (χ4v) is 2.93. The third-order valence-corrected chi connectivity index (χ3v) is 3.76. The minimum atomic E-state index is 0.503. The van der Waals surface area contributed by atoms with Gasteiger partial charge in [-0.2, -0.15) is 0 Å². The molecule has 2 aromatic heterocycles. The molecule has 0 fully saturated rings. The molecule has 0 radical (unpaired) electrons. The van der Waals surface area contributed by atoms with E-state index in [0.717, 1.165) is 11.4 Å². The Hall–Kier alpha value is -1.09. The van der Waals surface area contributed by atoms with Gasteiger partial charge in [-0.1, -0.05) is 13.8 Å². The van der Waals surface area contributed by atoms with E-state index in [9.17, 15) is 0 Å². The molecule has 0 spiro atoms. The van der Waals surface area contributed by atoms with Crippen molar-refractivity contribution in [2.24, 2.45) is 0 Å². The van der Waals surface area contributed by atoms with Crippen molar-refractivity contribution in [2.75, 3.05) is 6.61 Å². The molecule has 0 atom stereocenters.